The van der Waals surface area contributed by atoms with Crippen LogP contribution in [0.1, 0.15) is 31.7 Å². The van der Waals surface area contributed by atoms with E-state index < -0.39 is 0 Å². The molecular formula is C17H26N2O2. The smallest absolute Gasteiger partial charge is 0.248 e. The highest BCUT2D eigenvalue weighted by Gasteiger charge is 2.18. The molecule has 0 aliphatic carbocycles. The molecule has 0 bridgehead atoms. The second-order valence-electron chi connectivity index (χ2n) is 5.56. The summed E-state index contributed by atoms with van der Waals surface area (Å²) >= 11 is 0. The van der Waals surface area contributed by atoms with E-state index in [1.165, 1.54) is 5.56 Å². The largest absolute Gasteiger partial charge is 0.368 e. The molecule has 116 valence electrons. The second-order valence-corrected chi connectivity index (χ2v) is 5.56. The molecule has 0 unspecified atom stereocenters. The van der Waals surface area contributed by atoms with Crippen LogP contribution in [0, 0.1) is 0 Å². The molecule has 1 aliphatic rings. The van der Waals surface area contributed by atoms with Gasteiger partial charge >= 0.3 is 0 Å². The number of nitrogens with zero attached hydrogens (tertiary/aromatic N) is 1. The van der Waals surface area contributed by atoms with E-state index in [0.29, 0.717) is 6.54 Å². The average Bonchev–Trinajstić information content (AvgIpc) is 2.54. The number of hydrogen-bond acceptors (Lipinski definition) is 3. The SMILES string of the molecule is CCCN(Cc1ccccc1)C(=O)COC1CCNCC1. The van der Waals surface area contributed by atoms with E-state index in [1.807, 2.05) is 23.1 Å². The number of nitrogens with one attached hydrogen (secondary N) is 1. The molecule has 0 aromatic heterocycles. The lowest BCUT2D eigenvalue weighted by Gasteiger charge is -2.26. The quantitative estimate of drug-likeness (QED) is 0.837. The van der Waals surface area contributed by atoms with E-state index in [4.69, 9.17) is 4.74 Å². The summed E-state index contributed by atoms with van der Waals surface area (Å²) in [5.74, 6) is 0.0965. The molecule has 1 amide bonds. The fraction of sp³-hybridized carbons (Fsp3) is 0.588. The lowest BCUT2D eigenvalue weighted by Crippen LogP contribution is -2.38. The number of carbonyl (C=O) groups is 1. The van der Waals surface area contributed by atoms with Crippen LogP contribution in [0.5, 0.6) is 0 Å². The Labute approximate surface area is 127 Å². The summed E-state index contributed by atoms with van der Waals surface area (Å²) in [4.78, 5) is 14.3. The molecule has 1 heterocycles. The average molecular weight is 290 g/mol. The lowest BCUT2D eigenvalue weighted by atomic mass is 10.1. The van der Waals surface area contributed by atoms with Gasteiger partial charge in [0.2, 0.25) is 5.91 Å². The summed E-state index contributed by atoms with van der Waals surface area (Å²) in [7, 11) is 0. The monoisotopic (exact) mass is 290 g/mol. The summed E-state index contributed by atoms with van der Waals surface area (Å²) in [6, 6.07) is 10.1. The molecule has 0 spiro atoms. The van der Waals surface area contributed by atoms with Gasteiger partial charge in [-0.2, -0.15) is 0 Å². The summed E-state index contributed by atoms with van der Waals surface area (Å²) in [6.45, 7) is 5.73. The van der Waals surface area contributed by atoms with Crippen molar-refractivity contribution >= 4 is 5.91 Å². The van der Waals surface area contributed by atoms with Crippen molar-refractivity contribution in [3.63, 3.8) is 0 Å². The van der Waals surface area contributed by atoms with E-state index in [0.717, 1.165) is 38.9 Å². The van der Waals surface area contributed by atoms with E-state index in [2.05, 4.69) is 24.4 Å². The number of benzene rings is 1. The van der Waals surface area contributed by atoms with E-state index >= 15 is 0 Å². The van der Waals surface area contributed by atoms with Gasteiger partial charge in [-0.25, -0.2) is 0 Å². The van der Waals surface area contributed by atoms with E-state index in [9.17, 15) is 4.79 Å². The van der Waals surface area contributed by atoms with Crippen LogP contribution in [0.25, 0.3) is 0 Å². The van der Waals surface area contributed by atoms with Crippen molar-refractivity contribution in [2.24, 2.45) is 0 Å². The van der Waals surface area contributed by atoms with Crippen LogP contribution in [0.4, 0.5) is 0 Å². The fourth-order valence-corrected chi connectivity index (χ4v) is 2.61. The van der Waals surface area contributed by atoms with Crippen LogP contribution < -0.4 is 5.32 Å². The van der Waals surface area contributed by atoms with Crippen LogP contribution in [-0.2, 0) is 16.1 Å². The van der Waals surface area contributed by atoms with Gasteiger partial charge in [-0.05, 0) is 37.9 Å². The Morgan fingerprint density at radius 3 is 2.67 bits per heavy atom. The van der Waals surface area contributed by atoms with E-state index in [1.54, 1.807) is 0 Å². The molecule has 1 N–H and O–H groups in total. The first-order chi connectivity index (χ1) is 10.3. The third kappa shape index (κ3) is 5.48. The minimum atomic E-state index is 0.0965. The molecule has 2 rings (SSSR count). The van der Waals surface area contributed by atoms with Crippen LogP contribution in [0.2, 0.25) is 0 Å². The molecule has 1 saturated heterocycles. The number of hydrogen-bond donors (Lipinski definition) is 1. The molecule has 4 heteroatoms. The Morgan fingerprint density at radius 2 is 2.00 bits per heavy atom. The maximum atomic E-state index is 12.4. The van der Waals surface area contributed by atoms with Gasteiger partial charge in [0.15, 0.2) is 0 Å². The zero-order valence-corrected chi connectivity index (χ0v) is 12.9. The van der Waals surface area contributed by atoms with Crippen molar-refractivity contribution in [3.8, 4) is 0 Å². The number of amides is 1. The minimum Gasteiger partial charge on any atom is -0.368 e. The Kier molecular flexibility index (Phi) is 6.70. The zero-order chi connectivity index (χ0) is 14.9. The first-order valence-electron chi connectivity index (χ1n) is 7.93. The van der Waals surface area contributed by atoms with Crippen molar-refractivity contribution in [2.45, 2.75) is 38.8 Å². The summed E-state index contributed by atoms with van der Waals surface area (Å²) < 4.78 is 5.78. The number of carbonyl (C=O) groups excluding carboxylic acids is 1. The van der Waals surface area contributed by atoms with Crippen LogP contribution in [-0.4, -0.2) is 43.2 Å². The van der Waals surface area contributed by atoms with Gasteiger partial charge in [0, 0.05) is 13.1 Å². The van der Waals surface area contributed by atoms with Gasteiger partial charge in [-0.1, -0.05) is 37.3 Å². The maximum absolute atomic E-state index is 12.4. The highest BCUT2D eigenvalue weighted by Crippen LogP contribution is 2.09. The topological polar surface area (TPSA) is 41.6 Å². The Bertz CT molecular complexity index is 416. The molecule has 1 fully saturated rings. The number of rotatable bonds is 7. The highest BCUT2D eigenvalue weighted by atomic mass is 16.5. The molecule has 0 atom stereocenters. The van der Waals surface area contributed by atoms with E-state index in [-0.39, 0.29) is 18.6 Å². The molecule has 1 aromatic rings. The Hall–Kier alpha value is -1.39. The molecule has 0 saturated carbocycles. The van der Waals surface area contributed by atoms with Crippen molar-refractivity contribution in [1.82, 2.24) is 10.2 Å². The summed E-state index contributed by atoms with van der Waals surface area (Å²) in [5.41, 5.74) is 1.17. The first-order valence-corrected chi connectivity index (χ1v) is 7.93. The predicted octanol–water partition coefficient (Wildman–Crippen LogP) is 2.19. The molecule has 21 heavy (non-hydrogen) atoms. The van der Waals surface area contributed by atoms with Crippen LogP contribution in [0.3, 0.4) is 0 Å². The minimum absolute atomic E-state index is 0.0965. The highest BCUT2D eigenvalue weighted by molar-refractivity contribution is 5.77. The lowest BCUT2D eigenvalue weighted by molar-refractivity contribution is -0.139. The van der Waals surface area contributed by atoms with Crippen LogP contribution in [0.15, 0.2) is 30.3 Å². The molecule has 1 aromatic carbocycles. The molecule has 1 aliphatic heterocycles. The van der Waals surface area contributed by atoms with Gasteiger partial charge in [-0.3, -0.25) is 4.79 Å². The Balaban J connectivity index is 1.83. The first kappa shape index (κ1) is 16.0. The summed E-state index contributed by atoms with van der Waals surface area (Å²) in [5, 5.41) is 3.30. The maximum Gasteiger partial charge on any atom is 0.248 e. The van der Waals surface area contributed by atoms with Crippen molar-refractivity contribution in [1.29, 1.82) is 0 Å². The van der Waals surface area contributed by atoms with Crippen molar-refractivity contribution in [3.05, 3.63) is 35.9 Å². The molecule has 4 nitrogen and oxygen atoms in total. The fourth-order valence-electron chi connectivity index (χ4n) is 2.61. The molecular weight excluding hydrogens is 264 g/mol. The molecule has 0 radical (unpaired) electrons. The van der Waals surface area contributed by atoms with Gasteiger partial charge < -0.3 is 15.0 Å². The third-order valence-corrected chi connectivity index (χ3v) is 3.79. The number of ether oxygens (including phenoxy) is 1. The van der Waals surface area contributed by atoms with Crippen molar-refractivity contribution < 1.29 is 9.53 Å². The zero-order valence-electron chi connectivity index (χ0n) is 12.9. The standard InChI is InChI=1S/C17H26N2O2/c1-2-12-19(13-15-6-4-3-5-7-15)17(20)14-21-16-8-10-18-11-9-16/h3-7,16,18H,2,8-14H2,1H3. The van der Waals surface area contributed by atoms with Gasteiger partial charge in [0.05, 0.1) is 6.10 Å². The third-order valence-electron chi connectivity index (χ3n) is 3.79. The van der Waals surface area contributed by atoms with Crippen LogP contribution >= 0.6 is 0 Å². The van der Waals surface area contributed by atoms with Gasteiger partial charge in [0.25, 0.3) is 0 Å². The Morgan fingerprint density at radius 1 is 1.29 bits per heavy atom. The predicted molar refractivity (Wildman–Crippen MR) is 84.0 cm³/mol. The van der Waals surface area contributed by atoms with Gasteiger partial charge in [0.1, 0.15) is 6.61 Å². The van der Waals surface area contributed by atoms with Crippen molar-refractivity contribution in [2.75, 3.05) is 26.2 Å². The number of piperidine rings is 1. The second kappa shape index (κ2) is 8.80. The summed E-state index contributed by atoms with van der Waals surface area (Å²) in [6.07, 6.45) is 3.20. The van der Waals surface area contributed by atoms with Gasteiger partial charge in [-0.15, -0.1) is 0 Å². The normalized spacial score (nSPS) is 15.9.